The zero-order chi connectivity index (χ0) is 16.0. The smallest absolute Gasteiger partial charge is 0.234 e. The minimum absolute atomic E-state index is 0.0663. The zero-order valence-electron chi connectivity index (χ0n) is 13.6. The van der Waals surface area contributed by atoms with E-state index in [0.29, 0.717) is 12.5 Å². The maximum atomic E-state index is 5.73. The molecule has 3 aromatic rings. The van der Waals surface area contributed by atoms with E-state index >= 15 is 0 Å². The molecular weight excluding hydrogens is 302 g/mol. The van der Waals surface area contributed by atoms with Crippen molar-refractivity contribution in [2.45, 2.75) is 50.0 Å². The van der Waals surface area contributed by atoms with Crippen LogP contribution in [-0.4, -0.2) is 32.9 Å². The number of H-pyrrole nitrogens is 1. The Morgan fingerprint density at radius 3 is 3.25 bits per heavy atom. The summed E-state index contributed by atoms with van der Waals surface area (Å²) in [4.78, 5) is 4.79. The Bertz CT molecular complexity index is 869. The Morgan fingerprint density at radius 2 is 2.25 bits per heavy atom. The second kappa shape index (κ2) is 5.41. The SMILES string of the molecule is c1cc2cn[nH]c2cc1Cc1noc([C@@]23CCCC[C@@H]2NCC3)n1. The maximum absolute atomic E-state index is 5.73. The molecular formula is C18H21N5O. The van der Waals surface area contributed by atoms with Crippen molar-refractivity contribution in [1.82, 2.24) is 25.7 Å². The molecule has 0 unspecified atom stereocenters. The summed E-state index contributed by atoms with van der Waals surface area (Å²) in [6, 6.07) is 6.79. The zero-order valence-corrected chi connectivity index (χ0v) is 13.6. The third kappa shape index (κ3) is 2.17. The van der Waals surface area contributed by atoms with Crippen molar-refractivity contribution >= 4 is 10.9 Å². The van der Waals surface area contributed by atoms with Crippen molar-refractivity contribution in [1.29, 1.82) is 0 Å². The third-order valence-corrected chi connectivity index (χ3v) is 5.76. The van der Waals surface area contributed by atoms with Crippen LogP contribution in [0.25, 0.3) is 10.9 Å². The van der Waals surface area contributed by atoms with Gasteiger partial charge in [-0.05, 0) is 37.4 Å². The monoisotopic (exact) mass is 323 g/mol. The average Bonchev–Trinajstić information content (AvgIpc) is 3.33. The van der Waals surface area contributed by atoms with E-state index in [9.17, 15) is 0 Å². The van der Waals surface area contributed by atoms with Crippen molar-refractivity contribution in [2.75, 3.05) is 6.54 Å². The predicted molar refractivity (Wildman–Crippen MR) is 89.8 cm³/mol. The lowest BCUT2D eigenvalue weighted by atomic mass is 9.70. The normalized spacial score (nSPS) is 26.8. The van der Waals surface area contributed by atoms with Gasteiger partial charge in [-0.3, -0.25) is 5.10 Å². The molecule has 24 heavy (non-hydrogen) atoms. The molecule has 1 aliphatic carbocycles. The van der Waals surface area contributed by atoms with Gasteiger partial charge in [-0.1, -0.05) is 30.1 Å². The van der Waals surface area contributed by atoms with Crippen molar-refractivity contribution in [2.24, 2.45) is 0 Å². The molecule has 2 N–H and O–H groups in total. The van der Waals surface area contributed by atoms with Gasteiger partial charge in [0.25, 0.3) is 0 Å². The van der Waals surface area contributed by atoms with Crippen LogP contribution in [0.4, 0.5) is 0 Å². The number of hydrogen-bond donors (Lipinski definition) is 2. The van der Waals surface area contributed by atoms with E-state index in [1.807, 2.05) is 6.20 Å². The van der Waals surface area contributed by atoms with Gasteiger partial charge in [0.15, 0.2) is 5.82 Å². The van der Waals surface area contributed by atoms with Gasteiger partial charge in [0.2, 0.25) is 5.89 Å². The summed E-state index contributed by atoms with van der Waals surface area (Å²) in [5.41, 5.74) is 2.28. The van der Waals surface area contributed by atoms with Gasteiger partial charge < -0.3 is 9.84 Å². The van der Waals surface area contributed by atoms with Crippen LogP contribution in [-0.2, 0) is 11.8 Å². The number of aromatic amines is 1. The van der Waals surface area contributed by atoms with Crippen molar-refractivity contribution in [3.8, 4) is 0 Å². The molecule has 2 aliphatic rings. The quantitative estimate of drug-likeness (QED) is 0.775. The molecule has 0 radical (unpaired) electrons. The van der Waals surface area contributed by atoms with Crippen LogP contribution in [0, 0.1) is 0 Å². The fourth-order valence-electron chi connectivity index (χ4n) is 4.47. The van der Waals surface area contributed by atoms with Crippen LogP contribution in [0.5, 0.6) is 0 Å². The van der Waals surface area contributed by atoms with Crippen LogP contribution in [0.3, 0.4) is 0 Å². The molecule has 1 saturated carbocycles. The van der Waals surface area contributed by atoms with E-state index in [2.05, 4.69) is 38.9 Å². The highest BCUT2D eigenvalue weighted by atomic mass is 16.5. The topological polar surface area (TPSA) is 79.6 Å². The van der Waals surface area contributed by atoms with E-state index in [4.69, 9.17) is 9.51 Å². The van der Waals surface area contributed by atoms with E-state index in [-0.39, 0.29) is 5.41 Å². The molecule has 0 bridgehead atoms. The molecule has 0 spiro atoms. The average molecular weight is 323 g/mol. The van der Waals surface area contributed by atoms with E-state index in [1.165, 1.54) is 24.8 Å². The Balaban J connectivity index is 1.42. The first-order chi connectivity index (χ1) is 11.8. The number of aromatic nitrogens is 4. The summed E-state index contributed by atoms with van der Waals surface area (Å²) in [5, 5.41) is 16.1. The Labute approximate surface area is 140 Å². The number of hydrogen-bond acceptors (Lipinski definition) is 5. The largest absolute Gasteiger partial charge is 0.339 e. The molecule has 2 fully saturated rings. The van der Waals surface area contributed by atoms with Gasteiger partial charge in [-0.15, -0.1) is 0 Å². The highest BCUT2D eigenvalue weighted by Crippen LogP contribution is 2.44. The second-order valence-electron chi connectivity index (χ2n) is 7.14. The minimum Gasteiger partial charge on any atom is -0.339 e. The summed E-state index contributed by atoms with van der Waals surface area (Å²) < 4.78 is 5.73. The number of rotatable bonds is 3. The number of nitrogens with one attached hydrogen (secondary N) is 2. The second-order valence-corrected chi connectivity index (χ2v) is 7.14. The molecule has 6 nitrogen and oxygen atoms in total. The predicted octanol–water partition coefficient (Wildman–Crippen LogP) is 2.71. The maximum Gasteiger partial charge on any atom is 0.234 e. The molecule has 6 heteroatoms. The van der Waals surface area contributed by atoms with Crippen LogP contribution < -0.4 is 5.32 Å². The van der Waals surface area contributed by atoms with Crippen molar-refractivity contribution in [3.63, 3.8) is 0 Å². The summed E-state index contributed by atoms with van der Waals surface area (Å²) in [6.45, 7) is 1.05. The van der Waals surface area contributed by atoms with Gasteiger partial charge in [-0.2, -0.15) is 10.1 Å². The van der Waals surface area contributed by atoms with Gasteiger partial charge in [-0.25, -0.2) is 0 Å². The van der Waals surface area contributed by atoms with E-state index in [0.717, 1.165) is 42.0 Å². The fourth-order valence-corrected chi connectivity index (χ4v) is 4.47. The number of nitrogens with zero attached hydrogens (tertiary/aromatic N) is 3. The molecule has 2 atom stereocenters. The molecule has 5 rings (SSSR count). The first-order valence-corrected chi connectivity index (χ1v) is 8.82. The van der Waals surface area contributed by atoms with Gasteiger partial charge in [0, 0.05) is 17.8 Å². The highest BCUT2D eigenvalue weighted by Gasteiger charge is 2.49. The lowest BCUT2D eigenvalue weighted by Gasteiger charge is -2.35. The Morgan fingerprint density at radius 1 is 1.25 bits per heavy atom. The third-order valence-electron chi connectivity index (χ3n) is 5.76. The fraction of sp³-hybridized carbons (Fsp3) is 0.500. The standard InChI is InChI=1S/C18H21N5O/c1-2-6-18(7-8-19-15(18)3-1)17-21-16(23-24-17)10-12-4-5-13-11-20-22-14(13)9-12/h4-5,9,11,15,19H,1-3,6-8,10H2,(H,20,22)/t15-,18+/m0/s1. The first-order valence-electron chi connectivity index (χ1n) is 8.82. The first kappa shape index (κ1) is 14.2. The van der Waals surface area contributed by atoms with Gasteiger partial charge in [0.05, 0.1) is 17.1 Å². The van der Waals surface area contributed by atoms with Crippen molar-refractivity contribution in [3.05, 3.63) is 41.7 Å². The number of fused-ring (bicyclic) bond motifs is 2. The molecule has 1 saturated heterocycles. The Kier molecular flexibility index (Phi) is 3.19. The minimum atomic E-state index is 0.0663. The molecule has 2 aromatic heterocycles. The van der Waals surface area contributed by atoms with E-state index < -0.39 is 0 Å². The summed E-state index contributed by atoms with van der Waals surface area (Å²) in [6.07, 6.45) is 8.56. The van der Waals surface area contributed by atoms with Gasteiger partial charge in [0.1, 0.15) is 0 Å². The van der Waals surface area contributed by atoms with Crippen LogP contribution in [0.1, 0.15) is 49.4 Å². The van der Waals surface area contributed by atoms with Crippen LogP contribution >= 0.6 is 0 Å². The lowest BCUT2D eigenvalue weighted by molar-refractivity contribution is 0.199. The summed E-state index contributed by atoms with van der Waals surface area (Å²) >= 11 is 0. The van der Waals surface area contributed by atoms with Crippen LogP contribution in [0.15, 0.2) is 28.9 Å². The summed E-state index contributed by atoms with van der Waals surface area (Å²) in [7, 11) is 0. The molecule has 3 heterocycles. The molecule has 0 amide bonds. The highest BCUT2D eigenvalue weighted by molar-refractivity contribution is 5.78. The Hall–Kier alpha value is -2.21. The van der Waals surface area contributed by atoms with E-state index in [1.54, 1.807) is 0 Å². The molecule has 124 valence electrons. The summed E-state index contributed by atoms with van der Waals surface area (Å²) in [5.74, 6) is 1.62. The molecule has 1 aliphatic heterocycles. The van der Waals surface area contributed by atoms with Gasteiger partial charge >= 0.3 is 0 Å². The van der Waals surface area contributed by atoms with Crippen molar-refractivity contribution < 1.29 is 4.52 Å². The lowest BCUT2D eigenvalue weighted by Crippen LogP contribution is -2.43. The molecule has 1 aromatic carbocycles. The van der Waals surface area contributed by atoms with Crippen LogP contribution in [0.2, 0.25) is 0 Å². The number of benzene rings is 1.